The van der Waals surface area contributed by atoms with E-state index in [1.54, 1.807) is 0 Å². The van der Waals surface area contributed by atoms with Crippen LogP contribution in [0.1, 0.15) is 20.3 Å². The van der Waals surface area contributed by atoms with Gasteiger partial charge in [0, 0.05) is 6.42 Å². The van der Waals surface area contributed by atoms with Gasteiger partial charge in [-0.3, -0.25) is 4.79 Å². The van der Waals surface area contributed by atoms with E-state index in [4.69, 9.17) is 9.47 Å². The van der Waals surface area contributed by atoms with E-state index < -0.39 is 18.2 Å². The number of amides is 1. The summed E-state index contributed by atoms with van der Waals surface area (Å²) in [4.78, 5) is 23.5. The van der Waals surface area contributed by atoms with Gasteiger partial charge in [0.05, 0.1) is 12.7 Å². The third-order valence-electron chi connectivity index (χ3n) is 3.37. The van der Waals surface area contributed by atoms with Gasteiger partial charge in [0.25, 0.3) is 0 Å². The van der Waals surface area contributed by atoms with Crippen molar-refractivity contribution in [2.75, 3.05) is 6.61 Å². The molecule has 0 aromatic rings. The summed E-state index contributed by atoms with van der Waals surface area (Å²) in [6.45, 7) is 4.22. The minimum Gasteiger partial charge on any atom is -0.448 e. The molecule has 2 saturated heterocycles. The van der Waals surface area contributed by atoms with Crippen molar-refractivity contribution in [1.82, 2.24) is 5.01 Å². The van der Waals surface area contributed by atoms with Crippen molar-refractivity contribution in [1.29, 1.82) is 0 Å². The van der Waals surface area contributed by atoms with E-state index in [1.165, 1.54) is 0 Å². The van der Waals surface area contributed by atoms with Gasteiger partial charge in [-0.2, -0.15) is 10.1 Å². The van der Waals surface area contributed by atoms with Crippen LogP contribution in [0, 0.1) is 5.92 Å². The van der Waals surface area contributed by atoms with Crippen LogP contribution in [0.4, 0.5) is 4.79 Å². The van der Waals surface area contributed by atoms with Gasteiger partial charge in [-0.25, -0.2) is 4.79 Å². The first-order valence-electron chi connectivity index (χ1n) is 6.13. The van der Waals surface area contributed by atoms with Crippen LogP contribution >= 0.6 is 0 Å². The molecule has 3 heterocycles. The Morgan fingerprint density at radius 3 is 3.11 bits per heavy atom. The molecular formula is C11H15N3O4. The average Bonchev–Trinajstić information content (AvgIpc) is 2.95. The zero-order valence-corrected chi connectivity index (χ0v) is 10.3. The molecule has 0 spiro atoms. The third-order valence-corrected chi connectivity index (χ3v) is 3.37. The molecule has 0 saturated carbocycles. The van der Waals surface area contributed by atoms with Crippen molar-refractivity contribution >= 4 is 11.9 Å². The van der Waals surface area contributed by atoms with Crippen molar-refractivity contribution in [3.8, 4) is 0 Å². The lowest BCUT2D eigenvalue weighted by molar-refractivity contribution is -0.123. The molecule has 7 heteroatoms. The highest BCUT2D eigenvalue weighted by atomic mass is 16.6. The average molecular weight is 253 g/mol. The fourth-order valence-electron chi connectivity index (χ4n) is 2.55. The van der Waals surface area contributed by atoms with Crippen molar-refractivity contribution in [2.24, 2.45) is 16.3 Å². The highest BCUT2D eigenvalue weighted by Gasteiger charge is 2.60. The summed E-state index contributed by atoms with van der Waals surface area (Å²) in [5, 5.41) is 9.00. The number of ether oxygens (including phenoxy) is 2. The summed E-state index contributed by atoms with van der Waals surface area (Å²) in [5.74, 6) is 0.275. The highest BCUT2D eigenvalue weighted by Crippen LogP contribution is 2.40. The summed E-state index contributed by atoms with van der Waals surface area (Å²) >= 11 is 0. The van der Waals surface area contributed by atoms with Crippen molar-refractivity contribution < 1.29 is 19.1 Å². The first-order valence-corrected chi connectivity index (χ1v) is 6.13. The van der Waals surface area contributed by atoms with Crippen LogP contribution in [0.25, 0.3) is 0 Å². The van der Waals surface area contributed by atoms with E-state index in [9.17, 15) is 9.59 Å². The Morgan fingerprint density at radius 2 is 2.39 bits per heavy atom. The fourth-order valence-corrected chi connectivity index (χ4v) is 2.55. The smallest absolute Gasteiger partial charge is 0.432 e. The Labute approximate surface area is 104 Å². The molecule has 2 bridgehead atoms. The molecule has 0 radical (unpaired) electrons. The predicted octanol–water partition coefficient (Wildman–Crippen LogP) is 0.939. The van der Waals surface area contributed by atoms with Crippen molar-refractivity contribution in [3.63, 3.8) is 0 Å². The van der Waals surface area contributed by atoms with E-state index in [0.717, 1.165) is 5.01 Å². The Morgan fingerprint density at radius 1 is 1.61 bits per heavy atom. The standard InChI is InChI=1S/C11H15N3O4/c1-5(2)4-17-11(16)14-9-8(12-13-14)7-3-6(15)10(9)18-7/h5,7-10H,3-4H2,1-2H3/t7-,8-,9+,10-/m0/s1. The van der Waals surface area contributed by atoms with E-state index in [2.05, 4.69) is 10.3 Å². The molecule has 3 aliphatic heterocycles. The van der Waals surface area contributed by atoms with Gasteiger partial charge in [0.2, 0.25) is 0 Å². The quantitative estimate of drug-likeness (QED) is 0.733. The van der Waals surface area contributed by atoms with Gasteiger partial charge in [-0.05, 0) is 5.92 Å². The molecule has 0 aliphatic carbocycles. The predicted molar refractivity (Wildman–Crippen MR) is 58.7 cm³/mol. The number of nitrogens with zero attached hydrogens (tertiary/aromatic N) is 3. The number of rotatable bonds is 2. The third kappa shape index (κ3) is 1.61. The molecule has 4 atom stereocenters. The molecule has 3 aliphatic rings. The maximum absolute atomic E-state index is 11.9. The van der Waals surface area contributed by atoms with Gasteiger partial charge in [0.1, 0.15) is 18.2 Å². The molecule has 0 unspecified atom stereocenters. The molecule has 0 aromatic carbocycles. The fraction of sp³-hybridized carbons (Fsp3) is 0.818. The van der Waals surface area contributed by atoms with Gasteiger partial charge in [-0.1, -0.05) is 19.1 Å². The van der Waals surface area contributed by atoms with Crippen LogP contribution in [0.5, 0.6) is 0 Å². The summed E-state index contributed by atoms with van der Waals surface area (Å²) in [7, 11) is 0. The normalized spacial score (nSPS) is 36.6. The second-order valence-corrected chi connectivity index (χ2v) is 5.27. The number of fused-ring (bicyclic) bond motifs is 5. The Kier molecular flexibility index (Phi) is 2.58. The highest BCUT2D eigenvalue weighted by molar-refractivity contribution is 5.88. The first-order chi connectivity index (χ1) is 8.58. The first kappa shape index (κ1) is 11.6. The summed E-state index contributed by atoms with van der Waals surface area (Å²) in [6.07, 6.45) is -0.982. The maximum Gasteiger partial charge on any atom is 0.432 e. The van der Waals surface area contributed by atoms with Crippen LogP contribution in [0.15, 0.2) is 10.3 Å². The molecule has 0 aromatic heterocycles. The van der Waals surface area contributed by atoms with Crippen LogP contribution in [0.3, 0.4) is 0 Å². The number of carbonyl (C=O) groups is 2. The Bertz CT molecular complexity index is 423. The zero-order chi connectivity index (χ0) is 12.9. The molecule has 3 rings (SSSR count). The molecule has 0 N–H and O–H groups in total. The van der Waals surface area contributed by atoms with Crippen LogP contribution in [-0.2, 0) is 14.3 Å². The number of hydrogen-bond acceptors (Lipinski definition) is 6. The second kappa shape index (κ2) is 4.01. The molecule has 98 valence electrons. The molecule has 7 nitrogen and oxygen atoms in total. The summed E-state index contributed by atoms with van der Waals surface area (Å²) in [5.41, 5.74) is 0. The lowest BCUT2D eigenvalue weighted by Crippen LogP contribution is -2.49. The lowest BCUT2D eigenvalue weighted by atomic mass is 9.90. The van der Waals surface area contributed by atoms with Crippen LogP contribution in [0.2, 0.25) is 0 Å². The largest absolute Gasteiger partial charge is 0.448 e. The summed E-state index contributed by atoms with van der Waals surface area (Å²) in [6, 6.07) is -0.616. The molecule has 18 heavy (non-hydrogen) atoms. The van der Waals surface area contributed by atoms with E-state index in [-0.39, 0.29) is 23.8 Å². The van der Waals surface area contributed by atoms with Gasteiger partial charge in [-0.15, -0.1) is 0 Å². The number of Topliss-reactive ketones (excluding diaryl/α,β-unsaturated/α-hetero) is 1. The SMILES string of the molecule is CC(C)COC(=O)N1N=N[C@@H]2[C@@H]1[C@H]1O[C@H]2CC1=O. The monoisotopic (exact) mass is 253 g/mol. The van der Waals surface area contributed by atoms with Crippen LogP contribution in [-0.4, -0.2) is 47.8 Å². The molecule has 1 amide bonds. The van der Waals surface area contributed by atoms with Gasteiger partial charge >= 0.3 is 6.09 Å². The Balaban J connectivity index is 1.70. The molecular weight excluding hydrogens is 238 g/mol. The second-order valence-electron chi connectivity index (χ2n) is 5.27. The minimum atomic E-state index is -0.582. The van der Waals surface area contributed by atoms with E-state index in [0.29, 0.717) is 13.0 Å². The van der Waals surface area contributed by atoms with E-state index in [1.807, 2.05) is 13.8 Å². The minimum absolute atomic E-state index is 0.0233. The van der Waals surface area contributed by atoms with Crippen LogP contribution < -0.4 is 0 Å². The topological polar surface area (TPSA) is 80.6 Å². The van der Waals surface area contributed by atoms with Gasteiger partial charge < -0.3 is 9.47 Å². The van der Waals surface area contributed by atoms with Gasteiger partial charge in [0.15, 0.2) is 5.78 Å². The lowest BCUT2D eigenvalue weighted by Gasteiger charge is -2.23. The zero-order valence-electron chi connectivity index (χ0n) is 10.3. The number of ketones is 1. The molecule has 2 fully saturated rings. The maximum atomic E-state index is 11.9. The summed E-state index contributed by atoms with van der Waals surface area (Å²) < 4.78 is 10.6. The number of hydrogen-bond donors (Lipinski definition) is 0. The Hall–Kier alpha value is -1.50. The van der Waals surface area contributed by atoms with Crippen molar-refractivity contribution in [2.45, 2.75) is 44.6 Å². The van der Waals surface area contributed by atoms with E-state index >= 15 is 0 Å². The van der Waals surface area contributed by atoms with Crippen molar-refractivity contribution in [3.05, 3.63) is 0 Å². The number of carbonyl (C=O) groups excluding carboxylic acids is 2.